The molecule has 0 saturated carbocycles. The number of benzene rings is 1. The van der Waals surface area contributed by atoms with Gasteiger partial charge >= 0.3 is 0 Å². The molecule has 8 heteroatoms. The molecule has 0 atom stereocenters. The van der Waals surface area contributed by atoms with Crippen molar-refractivity contribution in [3.05, 3.63) is 77.9 Å². The van der Waals surface area contributed by atoms with Gasteiger partial charge in [-0.2, -0.15) is 0 Å². The van der Waals surface area contributed by atoms with Crippen LogP contribution in [0.4, 0.5) is 0 Å². The van der Waals surface area contributed by atoms with Gasteiger partial charge in [-0.1, -0.05) is 18.2 Å². The van der Waals surface area contributed by atoms with Gasteiger partial charge in [0.05, 0.1) is 12.0 Å². The second-order valence-corrected chi connectivity index (χ2v) is 7.72. The number of nitrogens with zero attached hydrogens (tertiary/aromatic N) is 1. The Morgan fingerprint density at radius 1 is 1.15 bits per heavy atom. The average molecular weight is 386 g/mol. The van der Waals surface area contributed by atoms with Crippen molar-refractivity contribution in [2.75, 3.05) is 7.11 Å². The second-order valence-electron chi connectivity index (χ2n) is 5.73. The Morgan fingerprint density at radius 2 is 1.93 bits per heavy atom. The van der Waals surface area contributed by atoms with Crippen LogP contribution in [0.3, 0.4) is 0 Å². The highest BCUT2D eigenvalue weighted by atomic mass is 32.2. The smallest absolute Gasteiger partial charge is 0.287 e. The van der Waals surface area contributed by atoms with Gasteiger partial charge in [0.2, 0.25) is 5.88 Å². The molecule has 1 aromatic carbocycles. The van der Waals surface area contributed by atoms with E-state index in [0.29, 0.717) is 5.88 Å². The van der Waals surface area contributed by atoms with Gasteiger partial charge in [0, 0.05) is 18.8 Å². The highest BCUT2D eigenvalue weighted by molar-refractivity contribution is 7.90. The van der Waals surface area contributed by atoms with E-state index in [-0.39, 0.29) is 28.7 Å². The zero-order valence-electron chi connectivity index (χ0n) is 14.6. The Balaban J connectivity index is 1.64. The third kappa shape index (κ3) is 4.73. The fraction of sp³-hybridized carbons (Fsp3) is 0.158. The van der Waals surface area contributed by atoms with Crippen molar-refractivity contribution in [1.29, 1.82) is 0 Å². The summed E-state index contributed by atoms with van der Waals surface area (Å²) in [6.45, 7) is 0.260. The molecule has 0 fully saturated rings. The summed E-state index contributed by atoms with van der Waals surface area (Å²) in [4.78, 5) is 16.4. The van der Waals surface area contributed by atoms with Gasteiger partial charge in [0.15, 0.2) is 15.6 Å². The topological polar surface area (TPSA) is 98.5 Å². The lowest BCUT2D eigenvalue weighted by Gasteiger charge is -2.05. The summed E-state index contributed by atoms with van der Waals surface area (Å²) in [6.07, 6.45) is 1.58. The summed E-state index contributed by atoms with van der Waals surface area (Å²) >= 11 is 0. The van der Waals surface area contributed by atoms with Crippen LogP contribution < -0.4 is 10.1 Å². The average Bonchev–Trinajstić information content (AvgIpc) is 3.15. The van der Waals surface area contributed by atoms with E-state index < -0.39 is 15.7 Å². The van der Waals surface area contributed by atoms with Gasteiger partial charge < -0.3 is 14.5 Å². The van der Waals surface area contributed by atoms with E-state index in [1.54, 1.807) is 36.5 Å². The summed E-state index contributed by atoms with van der Waals surface area (Å²) in [6, 6.07) is 14.5. The molecule has 0 bridgehead atoms. The molecule has 7 nitrogen and oxygen atoms in total. The quantitative estimate of drug-likeness (QED) is 0.670. The van der Waals surface area contributed by atoms with Crippen LogP contribution in [0.15, 0.2) is 70.1 Å². The fourth-order valence-corrected chi connectivity index (χ4v) is 3.69. The fourth-order valence-electron chi connectivity index (χ4n) is 2.42. The number of amides is 1. The van der Waals surface area contributed by atoms with E-state index in [9.17, 15) is 13.2 Å². The number of carbonyl (C=O) groups excluding carboxylic acids is 1. The van der Waals surface area contributed by atoms with E-state index in [0.717, 1.165) is 5.56 Å². The van der Waals surface area contributed by atoms with Crippen molar-refractivity contribution in [3.63, 3.8) is 0 Å². The molecule has 2 aromatic heterocycles. The SMILES string of the molecule is COc1cc(CNC(=O)c2ccc(CS(=O)(=O)c3ccccc3)o2)ccn1. The van der Waals surface area contributed by atoms with Crippen LogP contribution >= 0.6 is 0 Å². The molecular formula is C19H18N2O5S. The lowest BCUT2D eigenvalue weighted by atomic mass is 10.2. The van der Waals surface area contributed by atoms with Gasteiger partial charge in [0.1, 0.15) is 11.5 Å². The largest absolute Gasteiger partial charge is 0.481 e. The standard InChI is InChI=1S/C19H18N2O5S/c1-25-18-11-14(9-10-20-18)12-21-19(22)17-8-7-15(26-17)13-27(23,24)16-5-3-2-4-6-16/h2-11H,12-13H2,1H3,(H,21,22). The first-order valence-electron chi connectivity index (χ1n) is 8.11. The van der Waals surface area contributed by atoms with E-state index in [2.05, 4.69) is 10.3 Å². The number of hydrogen-bond donors (Lipinski definition) is 1. The molecule has 0 unspecified atom stereocenters. The number of carbonyl (C=O) groups is 1. The first-order valence-corrected chi connectivity index (χ1v) is 9.77. The van der Waals surface area contributed by atoms with Crippen LogP contribution in [0, 0.1) is 0 Å². The minimum atomic E-state index is -3.53. The second kappa shape index (κ2) is 8.05. The number of methoxy groups -OCH3 is 1. The van der Waals surface area contributed by atoms with Crippen molar-refractivity contribution in [3.8, 4) is 5.88 Å². The molecule has 3 rings (SSSR count). The van der Waals surface area contributed by atoms with Gasteiger partial charge in [0.25, 0.3) is 5.91 Å². The predicted molar refractivity (Wildman–Crippen MR) is 98.0 cm³/mol. The van der Waals surface area contributed by atoms with Gasteiger partial charge in [-0.15, -0.1) is 0 Å². The van der Waals surface area contributed by atoms with E-state index in [4.69, 9.17) is 9.15 Å². The number of ether oxygens (including phenoxy) is 1. The zero-order valence-corrected chi connectivity index (χ0v) is 15.4. The van der Waals surface area contributed by atoms with Crippen molar-refractivity contribution in [2.24, 2.45) is 0 Å². The first kappa shape index (κ1) is 18.7. The lowest BCUT2D eigenvalue weighted by molar-refractivity contribution is 0.0921. The Bertz CT molecular complexity index is 1030. The Labute approximate surface area is 156 Å². The third-order valence-corrected chi connectivity index (χ3v) is 5.44. The predicted octanol–water partition coefficient (Wildman–Crippen LogP) is 2.59. The lowest BCUT2D eigenvalue weighted by Crippen LogP contribution is -2.22. The zero-order chi connectivity index (χ0) is 19.3. The summed E-state index contributed by atoms with van der Waals surface area (Å²) in [5, 5.41) is 2.71. The number of pyridine rings is 1. The molecule has 27 heavy (non-hydrogen) atoms. The maximum atomic E-state index is 12.4. The summed E-state index contributed by atoms with van der Waals surface area (Å²) in [7, 11) is -2.02. The Hall–Kier alpha value is -3.13. The number of furan rings is 1. The van der Waals surface area contributed by atoms with Crippen molar-refractivity contribution >= 4 is 15.7 Å². The number of nitrogens with one attached hydrogen (secondary N) is 1. The molecule has 1 N–H and O–H groups in total. The van der Waals surface area contributed by atoms with Crippen LogP contribution in [-0.2, 0) is 22.1 Å². The van der Waals surface area contributed by atoms with E-state index in [1.165, 1.54) is 31.4 Å². The molecule has 0 saturated heterocycles. The molecule has 3 aromatic rings. The van der Waals surface area contributed by atoms with Gasteiger partial charge in [-0.05, 0) is 35.9 Å². The Kier molecular flexibility index (Phi) is 5.56. The summed E-state index contributed by atoms with van der Waals surface area (Å²) in [5.74, 6) is -0.0441. The normalized spacial score (nSPS) is 11.1. The van der Waals surface area contributed by atoms with Crippen LogP contribution in [0.1, 0.15) is 21.9 Å². The molecule has 0 spiro atoms. The monoisotopic (exact) mass is 386 g/mol. The molecule has 1 amide bonds. The molecule has 140 valence electrons. The number of hydrogen-bond acceptors (Lipinski definition) is 6. The maximum absolute atomic E-state index is 12.4. The van der Waals surface area contributed by atoms with E-state index >= 15 is 0 Å². The van der Waals surface area contributed by atoms with E-state index in [1.807, 2.05) is 0 Å². The molecular weight excluding hydrogens is 368 g/mol. The van der Waals surface area contributed by atoms with Gasteiger partial charge in [-0.25, -0.2) is 13.4 Å². The third-order valence-electron chi connectivity index (χ3n) is 3.78. The van der Waals surface area contributed by atoms with Crippen molar-refractivity contribution in [2.45, 2.75) is 17.2 Å². The van der Waals surface area contributed by atoms with Crippen LogP contribution in [0.2, 0.25) is 0 Å². The number of sulfone groups is 1. The van der Waals surface area contributed by atoms with Crippen molar-refractivity contribution < 1.29 is 22.4 Å². The Morgan fingerprint density at radius 3 is 2.67 bits per heavy atom. The summed E-state index contributed by atoms with van der Waals surface area (Å²) in [5.41, 5.74) is 0.814. The number of aromatic nitrogens is 1. The highest BCUT2D eigenvalue weighted by Gasteiger charge is 2.19. The van der Waals surface area contributed by atoms with Crippen molar-refractivity contribution in [1.82, 2.24) is 10.3 Å². The molecule has 2 heterocycles. The molecule has 0 aliphatic heterocycles. The van der Waals surface area contributed by atoms with Crippen LogP contribution in [0.5, 0.6) is 5.88 Å². The van der Waals surface area contributed by atoms with Crippen LogP contribution in [-0.4, -0.2) is 26.4 Å². The molecule has 0 aliphatic rings. The first-order chi connectivity index (χ1) is 13.0. The van der Waals surface area contributed by atoms with Gasteiger partial charge in [-0.3, -0.25) is 4.79 Å². The highest BCUT2D eigenvalue weighted by Crippen LogP contribution is 2.18. The summed E-state index contributed by atoms with van der Waals surface area (Å²) < 4.78 is 35.2. The molecule has 0 aliphatic carbocycles. The van der Waals surface area contributed by atoms with Crippen LogP contribution in [0.25, 0.3) is 0 Å². The maximum Gasteiger partial charge on any atom is 0.287 e. The minimum Gasteiger partial charge on any atom is -0.481 e. The number of rotatable bonds is 7. The molecule has 0 radical (unpaired) electrons. The minimum absolute atomic E-state index is 0.0503.